The quantitative estimate of drug-likeness (QED) is 0.280. The molecule has 4 nitrogen and oxygen atoms in total. The summed E-state index contributed by atoms with van der Waals surface area (Å²) in [6, 6.07) is 16.6. The van der Waals surface area contributed by atoms with E-state index in [1.807, 2.05) is 24.3 Å². The Labute approximate surface area is 175 Å². The fraction of sp³-hybridized carbons (Fsp3) is 0.263. The van der Waals surface area contributed by atoms with E-state index in [-0.39, 0.29) is 24.0 Å². The minimum atomic E-state index is -0.394. The molecule has 2 aromatic carbocycles. The van der Waals surface area contributed by atoms with Gasteiger partial charge in [-0.2, -0.15) is 5.26 Å². The molecule has 2 aromatic rings. The second-order valence-electron chi connectivity index (χ2n) is 5.47. The highest BCUT2D eigenvalue weighted by Gasteiger charge is 2.07. The molecule has 0 bridgehead atoms. The molecule has 1 atom stereocenters. The normalized spacial score (nSPS) is 11.8. The summed E-state index contributed by atoms with van der Waals surface area (Å²) in [6.07, 6.45) is 0. The molecule has 0 saturated heterocycles. The van der Waals surface area contributed by atoms with Gasteiger partial charge in [0.15, 0.2) is 5.96 Å². The van der Waals surface area contributed by atoms with E-state index >= 15 is 0 Å². The van der Waals surface area contributed by atoms with Crippen molar-refractivity contribution in [2.45, 2.75) is 23.6 Å². The molecule has 26 heavy (non-hydrogen) atoms. The third-order valence-electron chi connectivity index (χ3n) is 3.49. The molecule has 0 fully saturated rings. The molecule has 0 saturated carbocycles. The molecule has 0 aliphatic heterocycles. The summed E-state index contributed by atoms with van der Waals surface area (Å²) in [5, 5.41) is 15.5. The zero-order chi connectivity index (χ0) is 18.1. The van der Waals surface area contributed by atoms with Gasteiger partial charge in [0.1, 0.15) is 5.82 Å². The van der Waals surface area contributed by atoms with E-state index in [2.05, 4.69) is 34.7 Å². The van der Waals surface area contributed by atoms with Crippen LogP contribution in [0.25, 0.3) is 0 Å². The minimum absolute atomic E-state index is 0. The Morgan fingerprint density at radius 3 is 2.58 bits per heavy atom. The van der Waals surface area contributed by atoms with E-state index in [9.17, 15) is 4.39 Å². The molecule has 0 amide bonds. The van der Waals surface area contributed by atoms with Crippen molar-refractivity contribution >= 4 is 41.7 Å². The summed E-state index contributed by atoms with van der Waals surface area (Å²) < 4.78 is 13.9. The van der Waals surface area contributed by atoms with Crippen LogP contribution in [0.3, 0.4) is 0 Å². The number of nitriles is 1. The van der Waals surface area contributed by atoms with Crippen LogP contribution in [0.1, 0.15) is 18.1 Å². The van der Waals surface area contributed by atoms with Crippen molar-refractivity contribution in [3.05, 3.63) is 65.5 Å². The van der Waals surface area contributed by atoms with Gasteiger partial charge < -0.3 is 10.6 Å². The molecular formula is C19H22FIN4S. The van der Waals surface area contributed by atoms with E-state index in [0.29, 0.717) is 28.9 Å². The monoisotopic (exact) mass is 484 g/mol. The molecule has 2 rings (SSSR count). The lowest BCUT2D eigenvalue weighted by Gasteiger charge is -2.16. The summed E-state index contributed by atoms with van der Waals surface area (Å²) in [5.74, 6) is 0.222. The number of nitrogens with one attached hydrogen (secondary N) is 2. The van der Waals surface area contributed by atoms with Gasteiger partial charge in [-0.3, -0.25) is 4.99 Å². The van der Waals surface area contributed by atoms with Crippen molar-refractivity contribution in [1.29, 1.82) is 5.26 Å². The number of thioether (sulfide) groups is 1. The summed E-state index contributed by atoms with van der Waals surface area (Å²) in [5.41, 5.74) is 0.809. The minimum Gasteiger partial charge on any atom is -0.355 e. The standard InChI is InChI=1S/C19H21FN4S.HI/c1-14(25-17-6-4-3-5-7-17)12-23-19(22-2)24-13-16-9-8-15(11-21)10-18(16)20;/h3-10,14H,12-13H2,1-2H3,(H2,22,23,24);1H. The fourth-order valence-corrected chi connectivity index (χ4v) is 3.12. The van der Waals surface area contributed by atoms with Gasteiger partial charge in [0.05, 0.1) is 11.6 Å². The first-order chi connectivity index (χ1) is 12.1. The highest BCUT2D eigenvalue weighted by molar-refractivity contribution is 14.0. The second-order valence-corrected chi connectivity index (χ2v) is 6.98. The largest absolute Gasteiger partial charge is 0.355 e. The van der Waals surface area contributed by atoms with Crippen molar-refractivity contribution in [2.75, 3.05) is 13.6 Å². The number of hydrogen-bond donors (Lipinski definition) is 2. The van der Waals surface area contributed by atoms with Gasteiger partial charge in [0, 0.05) is 35.8 Å². The van der Waals surface area contributed by atoms with Crippen LogP contribution < -0.4 is 10.6 Å². The van der Waals surface area contributed by atoms with Gasteiger partial charge in [-0.25, -0.2) is 4.39 Å². The SMILES string of the molecule is CN=C(NCc1ccc(C#N)cc1F)NCC(C)Sc1ccccc1.I. The molecule has 0 aromatic heterocycles. The van der Waals surface area contributed by atoms with Crippen molar-refractivity contribution in [3.63, 3.8) is 0 Å². The third-order valence-corrected chi connectivity index (χ3v) is 4.60. The number of guanidine groups is 1. The maximum Gasteiger partial charge on any atom is 0.191 e. The van der Waals surface area contributed by atoms with Gasteiger partial charge in [-0.1, -0.05) is 31.2 Å². The number of hydrogen-bond acceptors (Lipinski definition) is 3. The number of aliphatic imine (C=N–C) groups is 1. The van der Waals surface area contributed by atoms with E-state index in [1.165, 1.54) is 11.0 Å². The molecule has 1 unspecified atom stereocenters. The Balaban J connectivity index is 0.00000338. The van der Waals surface area contributed by atoms with Gasteiger partial charge in [0.25, 0.3) is 0 Å². The summed E-state index contributed by atoms with van der Waals surface area (Å²) in [4.78, 5) is 5.38. The molecule has 0 radical (unpaired) electrons. The van der Waals surface area contributed by atoms with E-state index in [4.69, 9.17) is 5.26 Å². The molecule has 7 heteroatoms. The van der Waals surface area contributed by atoms with Crippen LogP contribution >= 0.6 is 35.7 Å². The molecule has 2 N–H and O–H groups in total. The maximum absolute atomic E-state index is 13.9. The van der Waals surface area contributed by atoms with E-state index < -0.39 is 5.82 Å². The van der Waals surface area contributed by atoms with E-state index in [1.54, 1.807) is 30.9 Å². The second kappa shape index (κ2) is 11.8. The van der Waals surface area contributed by atoms with Crippen LogP contribution in [0, 0.1) is 17.1 Å². The predicted octanol–water partition coefficient (Wildman–Crippen LogP) is 4.16. The lowest BCUT2D eigenvalue weighted by Crippen LogP contribution is -2.39. The predicted molar refractivity (Wildman–Crippen MR) is 116 cm³/mol. The molecule has 0 aliphatic carbocycles. The Hall–Kier alpha value is -1.79. The Morgan fingerprint density at radius 2 is 1.96 bits per heavy atom. The van der Waals surface area contributed by atoms with Gasteiger partial charge in [-0.15, -0.1) is 35.7 Å². The van der Waals surface area contributed by atoms with Gasteiger partial charge >= 0.3 is 0 Å². The highest BCUT2D eigenvalue weighted by Crippen LogP contribution is 2.21. The van der Waals surface area contributed by atoms with E-state index in [0.717, 1.165) is 6.54 Å². The number of halogens is 2. The topological polar surface area (TPSA) is 60.2 Å². The van der Waals surface area contributed by atoms with Crippen molar-refractivity contribution < 1.29 is 4.39 Å². The van der Waals surface area contributed by atoms with Crippen LogP contribution in [0.5, 0.6) is 0 Å². The fourth-order valence-electron chi connectivity index (χ4n) is 2.17. The maximum atomic E-state index is 13.9. The summed E-state index contributed by atoms with van der Waals surface area (Å²) in [6.45, 7) is 3.17. The zero-order valence-corrected chi connectivity index (χ0v) is 17.8. The van der Waals surface area contributed by atoms with Crippen LogP contribution in [0.2, 0.25) is 0 Å². The van der Waals surface area contributed by atoms with Crippen LogP contribution in [0.4, 0.5) is 4.39 Å². The van der Waals surface area contributed by atoms with Crippen molar-refractivity contribution in [3.8, 4) is 6.07 Å². The van der Waals surface area contributed by atoms with Crippen molar-refractivity contribution in [1.82, 2.24) is 10.6 Å². The third kappa shape index (κ3) is 7.22. The first-order valence-electron chi connectivity index (χ1n) is 7.97. The summed E-state index contributed by atoms with van der Waals surface area (Å²) in [7, 11) is 1.68. The number of benzene rings is 2. The lowest BCUT2D eigenvalue weighted by atomic mass is 10.1. The lowest BCUT2D eigenvalue weighted by molar-refractivity contribution is 0.604. The Bertz CT molecular complexity index is 762. The van der Waals surface area contributed by atoms with Crippen LogP contribution in [0.15, 0.2) is 58.4 Å². The molecular weight excluding hydrogens is 462 g/mol. The van der Waals surface area contributed by atoms with Crippen LogP contribution in [-0.2, 0) is 6.54 Å². The first kappa shape index (κ1) is 22.3. The van der Waals surface area contributed by atoms with Crippen LogP contribution in [-0.4, -0.2) is 24.8 Å². The molecule has 0 aliphatic rings. The van der Waals surface area contributed by atoms with Crippen molar-refractivity contribution in [2.24, 2.45) is 4.99 Å². The Morgan fingerprint density at radius 1 is 1.23 bits per heavy atom. The first-order valence-corrected chi connectivity index (χ1v) is 8.85. The number of nitrogens with zero attached hydrogens (tertiary/aromatic N) is 2. The average Bonchev–Trinajstić information content (AvgIpc) is 2.63. The zero-order valence-electron chi connectivity index (χ0n) is 14.7. The molecule has 138 valence electrons. The smallest absolute Gasteiger partial charge is 0.191 e. The Kier molecular flexibility index (Phi) is 10.1. The average molecular weight is 484 g/mol. The van der Waals surface area contributed by atoms with Gasteiger partial charge in [0.2, 0.25) is 0 Å². The summed E-state index contributed by atoms with van der Waals surface area (Å²) >= 11 is 1.78. The van der Waals surface area contributed by atoms with Gasteiger partial charge in [-0.05, 0) is 24.3 Å². The highest BCUT2D eigenvalue weighted by atomic mass is 127. The number of rotatable bonds is 6. The molecule has 0 spiro atoms. The molecule has 0 heterocycles.